The van der Waals surface area contributed by atoms with Crippen molar-refractivity contribution >= 4 is 29.5 Å². The summed E-state index contributed by atoms with van der Waals surface area (Å²) in [6.07, 6.45) is 6.22. The number of carbonyl (C=O) groups is 5. The highest BCUT2D eigenvalue weighted by atomic mass is 16.5. The molecule has 0 aromatic carbocycles. The lowest BCUT2D eigenvalue weighted by molar-refractivity contribution is -0.158. The molecule has 3 saturated heterocycles. The molecule has 0 aromatic rings. The summed E-state index contributed by atoms with van der Waals surface area (Å²) in [5.74, 6) is -4.61. The van der Waals surface area contributed by atoms with Gasteiger partial charge in [-0.1, -0.05) is 32.9 Å². The lowest BCUT2D eigenvalue weighted by atomic mass is 9.64. The second-order valence-electron chi connectivity index (χ2n) is 13.1. The normalized spacial score (nSPS) is 36.5. The molecule has 5 amide bonds. The number of primary amides is 2. The predicted molar refractivity (Wildman–Crippen MR) is 140 cm³/mol. The van der Waals surface area contributed by atoms with Crippen molar-refractivity contribution in [1.82, 2.24) is 15.5 Å². The van der Waals surface area contributed by atoms with Crippen LogP contribution < -0.4 is 22.1 Å². The second-order valence-corrected chi connectivity index (χ2v) is 13.1. The highest BCUT2D eigenvalue weighted by Gasteiger charge is 2.70. The first kappa shape index (κ1) is 27.6. The number of carbonyl (C=O) groups excluding carboxylic acids is 5. The van der Waals surface area contributed by atoms with Gasteiger partial charge < -0.3 is 31.7 Å². The maximum absolute atomic E-state index is 14.6. The smallest absolute Gasteiger partial charge is 0.249 e. The molecule has 5 unspecified atom stereocenters. The van der Waals surface area contributed by atoms with Gasteiger partial charge in [-0.25, -0.2) is 0 Å². The molecule has 9 atom stereocenters. The highest BCUT2D eigenvalue weighted by Crippen LogP contribution is 2.61. The number of rotatable bonds is 8. The van der Waals surface area contributed by atoms with Gasteiger partial charge in [0.2, 0.25) is 29.5 Å². The van der Waals surface area contributed by atoms with Crippen molar-refractivity contribution in [3.05, 3.63) is 12.2 Å². The molecule has 2 bridgehead atoms. The number of fused-ring (bicyclic) bond motifs is 5. The van der Waals surface area contributed by atoms with Crippen LogP contribution in [0, 0.1) is 40.9 Å². The van der Waals surface area contributed by atoms with Crippen molar-refractivity contribution < 1.29 is 28.7 Å². The molecule has 1 saturated carbocycles. The molecule has 214 valence electrons. The zero-order valence-electron chi connectivity index (χ0n) is 23.0. The van der Waals surface area contributed by atoms with E-state index in [-0.39, 0.29) is 42.5 Å². The molecule has 6 N–H and O–H groups in total. The number of hydrogen-bond donors (Lipinski definition) is 4. The Labute approximate surface area is 228 Å². The van der Waals surface area contributed by atoms with Crippen molar-refractivity contribution in [2.45, 2.75) is 70.6 Å². The third-order valence-electron chi connectivity index (χ3n) is 9.81. The Morgan fingerprint density at radius 3 is 2.46 bits per heavy atom. The summed E-state index contributed by atoms with van der Waals surface area (Å²) in [4.78, 5) is 68.7. The van der Waals surface area contributed by atoms with Gasteiger partial charge in [-0.3, -0.25) is 24.0 Å². The average molecular weight is 544 g/mol. The number of nitrogens with two attached hydrogens (primary N) is 2. The van der Waals surface area contributed by atoms with E-state index in [4.69, 9.17) is 16.2 Å². The number of likely N-dealkylation sites (tertiary alicyclic amines) is 1. The molecule has 0 spiro atoms. The minimum Gasteiger partial charge on any atom is -0.369 e. The Morgan fingerprint density at radius 2 is 1.90 bits per heavy atom. The molecule has 0 aromatic heterocycles. The van der Waals surface area contributed by atoms with Crippen LogP contribution in [0.5, 0.6) is 0 Å². The number of allylic oxidation sites excluding steroid dienone is 2. The van der Waals surface area contributed by atoms with Crippen LogP contribution >= 0.6 is 0 Å². The first-order valence-corrected chi connectivity index (χ1v) is 14.2. The number of nitrogens with zero attached hydrogens (tertiary/aromatic N) is 1. The number of amides is 5. The van der Waals surface area contributed by atoms with Crippen LogP contribution in [0.1, 0.15) is 52.9 Å². The van der Waals surface area contributed by atoms with Gasteiger partial charge in [0.25, 0.3) is 0 Å². The van der Waals surface area contributed by atoms with Gasteiger partial charge in [0.1, 0.15) is 17.7 Å². The quantitative estimate of drug-likeness (QED) is 0.309. The lowest BCUT2D eigenvalue weighted by Gasteiger charge is -2.47. The summed E-state index contributed by atoms with van der Waals surface area (Å²) in [5, 5.41) is 5.68. The minimum atomic E-state index is -1.71. The van der Waals surface area contributed by atoms with Crippen molar-refractivity contribution in [2.75, 3.05) is 19.7 Å². The predicted octanol–water partition coefficient (Wildman–Crippen LogP) is -0.171. The molecule has 11 heteroatoms. The first-order chi connectivity index (χ1) is 18.4. The fourth-order valence-electron chi connectivity index (χ4n) is 8.02. The van der Waals surface area contributed by atoms with Crippen LogP contribution in [0.4, 0.5) is 0 Å². The number of ether oxygens (including phenoxy) is 1. The molecule has 4 fully saturated rings. The van der Waals surface area contributed by atoms with Crippen LogP contribution in [-0.2, 0) is 28.7 Å². The molecular formula is C28H41N5O6. The lowest BCUT2D eigenvalue weighted by Crippen LogP contribution is -2.70. The Hall–Kier alpha value is -2.95. The van der Waals surface area contributed by atoms with E-state index in [9.17, 15) is 24.0 Å². The Balaban J connectivity index is 1.57. The molecule has 11 nitrogen and oxygen atoms in total. The third-order valence-corrected chi connectivity index (χ3v) is 9.81. The van der Waals surface area contributed by atoms with E-state index in [0.717, 1.165) is 12.8 Å². The summed E-state index contributed by atoms with van der Waals surface area (Å²) in [7, 11) is 0. The summed E-state index contributed by atoms with van der Waals surface area (Å²) in [6.45, 7) is 6.70. The SMILES string of the molecule is CC(C)(C)[C@H](NC(=O)[C@H]1CCCO1)C(=O)N1CC2C3C=CC(C3)C2C1(C(N)=O)[C@H](C[C@H]1CCNC1=O)C(N)=O. The minimum absolute atomic E-state index is 0.0284. The number of hydrogen-bond acceptors (Lipinski definition) is 6. The topological polar surface area (TPSA) is 174 Å². The van der Waals surface area contributed by atoms with Gasteiger partial charge in [0, 0.05) is 31.5 Å². The standard InChI is InChI=1S/C28H41N5O6/c1-27(2,3)21(32-24(36)19-5-4-10-39-19)25(37)33-13-17-14-6-7-15(11-14)20(17)28(33,26(30)38)18(22(29)34)12-16-8-9-31-23(16)35/h6-7,14-21H,4-5,8-13H2,1-3H3,(H2,29,34)(H2,30,38)(H,31,35)(H,32,36)/t14?,15?,16-,17?,18-,19-,20?,21-,28?/m1/s1. The summed E-state index contributed by atoms with van der Waals surface area (Å²) < 4.78 is 5.55. The van der Waals surface area contributed by atoms with E-state index in [1.807, 2.05) is 20.8 Å². The zero-order valence-corrected chi connectivity index (χ0v) is 23.0. The largest absolute Gasteiger partial charge is 0.369 e. The van der Waals surface area contributed by atoms with Crippen molar-refractivity contribution in [2.24, 2.45) is 52.4 Å². The maximum atomic E-state index is 14.6. The van der Waals surface area contributed by atoms with E-state index in [2.05, 4.69) is 22.8 Å². The van der Waals surface area contributed by atoms with E-state index >= 15 is 0 Å². The third kappa shape index (κ3) is 4.42. The first-order valence-electron chi connectivity index (χ1n) is 14.2. The summed E-state index contributed by atoms with van der Waals surface area (Å²) in [6, 6.07) is -0.999. The average Bonchev–Trinajstić information content (AvgIpc) is 3.67. The maximum Gasteiger partial charge on any atom is 0.249 e. The van der Waals surface area contributed by atoms with Crippen LogP contribution in [0.3, 0.4) is 0 Å². The second kappa shape index (κ2) is 9.91. The molecule has 39 heavy (non-hydrogen) atoms. The van der Waals surface area contributed by atoms with E-state index in [1.54, 1.807) is 0 Å². The summed E-state index contributed by atoms with van der Waals surface area (Å²) in [5.41, 5.74) is 9.81. The van der Waals surface area contributed by atoms with Crippen molar-refractivity contribution in [3.8, 4) is 0 Å². The van der Waals surface area contributed by atoms with Gasteiger partial charge in [-0.15, -0.1) is 0 Å². The van der Waals surface area contributed by atoms with E-state index in [0.29, 0.717) is 26.0 Å². The van der Waals surface area contributed by atoms with Gasteiger partial charge in [-0.05, 0) is 55.3 Å². The highest BCUT2D eigenvalue weighted by molar-refractivity contribution is 6.00. The molecule has 5 aliphatic rings. The molecule has 0 radical (unpaired) electrons. The molecule has 3 heterocycles. The molecule has 2 aliphatic carbocycles. The van der Waals surface area contributed by atoms with Crippen LogP contribution in [0.2, 0.25) is 0 Å². The van der Waals surface area contributed by atoms with Gasteiger partial charge in [-0.2, -0.15) is 0 Å². The molecule has 5 rings (SSSR count). The fourth-order valence-corrected chi connectivity index (χ4v) is 8.02. The van der Waals surface area contributed by atoms with Crippen molar-refractivity contribution in [3.63, 3.8) is 0 Å². The Morgan fingerprint density at radius 1 is 1.18 bits per heavy atom. The van der Waals surface area contributed by atoms with Crippen LogP contribution in [0.25, 0.3) is 0 Å². The van der Waals surface area contributed by atoms with Crippen molar-refractivity contribution in [1.29, 1.82) is 0 Å². The van der Waals surface area contributed by atoms with Crippen LogP contribution in [0.15, 0.2) is 12.2 Å². The number of nitrogens with one attached hydrogen (secondary N) is 2. The Kier molecular flexibility index (Phi) is 7.01. The summed E-state index contributed by atoms with van der Waals surface area (Å²) >= 11 is 0. The fraction of sp³-hybridized carbons (Fsp3) is 0.750. The van der Waals surface area contributed by atoms with Gasteiger partial charge in [0.15, 0.2) is 0 Å². The monoisotopic (exact) mass is 543 g/mol. The molecular weight excluding hydrogens is 502 g/mol. The van der Waals surface area contributed by atoms with Gasteiger partial charge in [0.05, 0.1) is 5.92 Å². The van der Waals surface area contributed by atoms with Crippen LogP contribution in [-0.4, -0.2) is 71.8 Å². The zero-order chi connectivity index (χ0) is 28.3. The van der Waals surface area contributed by atoms with E-state index in [1.165, 1.54) is 4.90 Å². The van der Waals surface area contributed by atoms with Gasteiger partial charge >= 0.3 is 0 Å². The molecule has 3 aliphatic heterocycles. The Bertz CT molecular complexity index is 1090. The van der Waals surface area contributed by atoms with E-state index < -0.39 is 58.6 Å².